The zero-order valence-corrected chi connectivity index (χ0v) is 14.4. The fourth-order valence-corrected chi connectivity index (χ4v) is 2.79. The molecule has 1 aliphatic heterocycles. The fraction of sp³-hybridized carbons (Fsp3) is 0.471. The molecule has 0 saturated carbocycles. The Morgan fingerprint density at radius 2 is 1.77 bits per heavy atom. The van der Waals surface area contributed by atoms with Crippen LogP contribution in [0.5, 0.6) is 0 Å². The predicted molar refractivity (Wildman–Crippen MR) is 90.8 cm³/mol. The van der Waals surface area contributed by atoms with Crippen LogP contribution < -0.4 is 4.90 Å². The van der Waals surface area contributed by atoms with Crippen LogP contribution in [0.1, 0.15) is 5.69 Å². The molecule has 0 bridgehead atoms. The van der Waals surface area contributed by atoms with E-state index in [0.717, 1.165) is 25.7 Å². The van der Waals surface area contributed by atoms with Crippen molar-refractivity contribution in [3.8, 4) is 11.4 Å². The van der Waals surface area contributed by atoms with E-state index in [1.165, 1.54) is 12.4 Å². The van der Waals surface area contributed by atoms with E-state index >= 15 is 0 Å². The number of hydrogen-bond acceptors (Lipinski definition) is 6. The first-order chi connectivity index (χ1) is 12.5. The molecule has 1 fully saturated rings. The van der Waals surface area contributed by atoms with Gasteiger partial charge in [0.15, 0.2) is 11.5 Å². The number of alkyl halides is 3. The predicted octanol–water partition coefficient (Wildman–Crippen LogP) is 2.33. The minimum absolute atomic E-state index is 0.0547. The Labute approximate surface area is 149 Å². The first-order valence-corrected chi connectivity index (χ1v) is 8.30. The van der Waals surface area contributed by atoms with Crippen molar-refractivity contribution in [2.24, 2.45) is 0 Å². The molecule has 0 aromatic carbocycles. The van der Waals surface area contributed by atoms with Gasteiger partial charge in [-0.15, -0.1) is 0 Å². The normalized spacial score (nSPS) is 16.1. The second-order valence-electron chi connectivity index (χ2n) is 5.99. The monoisotopic (exact) mass is 367 g/mol. The second-order valence-corrected chi connectivity index (χ2v) is 5.99. The molecule has 26 heavy (non-hydrogen) atoms. The van der Waals surface area contributed by atoms with Crippen molar-refractivity contribution in [1.82, 2.24) is 19.9 Å². The van der Waals surface area contributed by atoms with Crippen LogP contribution in [0, 0.1) is 0 Å². The van der Waals surface area contributed by atoms with Crippen molar-refractivity contribution in [3.05, 3.63) is 36.3 Å². The molecule has 0 atom stereocenters. The lowest BCUT2D eigenvalue weighted by molar-refractivity contribution is -0.141. The highest BCUT2D eigenvalue weighted by Gasteiger charge is 2.34. The molecule has 0 amide bonds. The minimum Gasteiger partial charge on any atom is -0.383 e. The number of anilines is 1. The number of methoxy groups -OCH3 is 1. The molecule has 0 spiro atoms. The number of rotatable bonds is 5. The number of halogens is 3. The summed E-state index contributed by atoms with van der Waals surface area (Å²) in [5, 5.41) is 0. The van der Waals surface area contributed by atoms with Crippen molar-refractivity contribution in [1.29, 1.82) is 0 Å². The molecule has 6 nitrogen and oxygen atoms in total. The summed E-state index contributed by atoms with van der Waals surface area (Å²) >= 11 is 0. The van der Waals surface area contributed by atoms with E-state index < -0.39 is 11.9 Å². The van der Waals surface area contributed by atoms with Gasteiger partial charge >= 0.3 is 6.18 Å². The number of aromatic nitrogens is 3. The standard InChI is InChI=1S/C17H20F3N5O/c1-26-11-10-24-6-8-25(9-7-24)15-12-14(17(18,19)20)22-16(23-15)13-2-4-21-5-3-13/h2-5,12H,6-11H2,1H3. The van der Waals surface area contributed by atoms with Gasteiger partial charge in [-0.3, -0.25) is 9.88 Å². The molecule has 2 aromatic rings. The van der Waals surface area contributed by atoms with E-state index in [4.69, 9.17) is 4.74 Å². The van der Waals surface area contributed by atoms with Crippen LogP contribution in [-0.2, 0) is 10.9 Å². The Hall–Kier alpha value is -2.26. The molecule has 0 unspecified atom stereocenters. The van der Waals surface area contributed by atoms with Gasteiger partial charge in [0.1, 0.15) is 5.82 Å². The van der Waals surface area contributed by atoms with Gasteiger partial charge in [-0.2, -0.15) is 13.2 Å². The topological polar surface area (TPSA) is 54.4 Å². The van der Waals surface area contributed by atoms with Crippen LogP contribution in [0.2, 0.25) is 0 Å². The molecule has 0 radical (unpaired) electrons. The van der Waals surface area contributed by atoms with Crippen LogP contribution in [0.4, 0.5) is 19.0 Å². The van der Waals surface area contributed by atoms with Gasteiger partial charge in [0.25, 0.3) is 0 Å². The SMILES string of the molecule is COCCN1CCN(c2cc(C(F)(F)F)nc(-c3ccncc3)n2)CC1. The Balaban J connectivity index is 1.85. The molecular formula is C17H20F3N5O. The average molecular weight is 367 g/mol. The van der Waals surface area contributed by atoms with E-state index in [2.05, 4.69) is 19.9 Å². The van der Waals surface area contributed by atoms with Crippen LogP contribution >= 0.6 is 0 Å². The van der Waals surface area contributed by atoms with Gasteiger partial charge in [0, 0.05) is 63.9 Å². The average Bonchev–Trinajstić information content (AvgIpc) is 2.66. The highest BCUT2D eigenvalue weighted by Crippen LogP contribution is 2.31. The number of nitrogens with zero attached hydrogens (tertiary/aromatic N) is 5. The maximum Gasteiger partial charge on any atom is 0.433 e. The summed E-state index contributed by atoms with van der Waals surface area (Å²) in [6.07, 6.45) is -1.51. The lowest BCUT2D eigenvalue weighted by Gasteiger charge is -2.35. The zero-order valence-electron chi connectivity index (χ0n) is 14.4. The molecular weight excluding hydrogens is 347 g/mol. The van der Waals surface area contributed by atoms with Crippen molar-refractivity contribution in [2.75, 3.05) is 51.3 Å². The van der Waals surface area contributed by atoms with Crippen molar-refractivity contribution < 1.29 is 17.9 Å². The van der Waals surface area contributed by atoms with E-state index in [1.807, 2.05) is 4.90 Å². The molecule has 1 aliphatic rings. The van der Waals surface area contributed by atoms with Crippen LogP contribution in [0.3, 0.4) is 0 Å². The quantitative estimate of drug-likeness (QED) is 0.809. The third-order valence-electron chi connectivity index (χ3n) is 4.25. The molecule has 3 rings (SSSR count). The molecule has 9 heteroatoms. The summed E-state index contributed by atoms with van der Waals surface area (Å²) < 4.78 is 44.9. The summed E-state index contributed by atoms with van der Waals surface area (Å²) in [5.74, 6) is 0.351. The van der Waals surface area contributed by atoms with Gasteiger partial charge in [-0.25, -0.2) is 9.97 Å². The Morgan fingerprint density at radius 3 is 2.38 bits per heavy atom. The van der Waals surface area contributed by atoms with E-state index in [0.29, 0.717) is 31.1 Å². The van der Waals surface area contributed by atoms with Gasteiger partial charge < -0.3 is 9.64 Å². The Kier molecular flexibility index (Phi) is 5.67. The van der Waals surface area contributed by atoms with Gasteiger partial charge in [-0.05, 0) is 12.1 Å². The smallest absolute Gasteiger partial charge is 0.383 e. The summed E-state index contributed by atoms with van der Waals surface area (Å²) in [6, 6.07) is 4.22. The van der Waals surface area contributed by atoms with E-state index in [-0.39, 0.29) is 5.82 Å². The summed E-state index contributed by atoms with van der Waals surface area (Å²) in [5.41, 5.74) is -0.429. The lowest BCUT2D eigenvalue weighted by atomic mass is 10.2. The van der Waals surface area contributed by atoms with Gasteiger partial charge in [-0.1, -0.05) is 0 Å². The van der Waals surface area contributed by atoms with Gasteiger partial charge in [0.05, 0.1) is 6.61 Å². The first kappa shape index (κ1) is 18.5. The highest BCUT2D eigenvalue weighted by molar-refractivity contribution is 5.57. The molecule has 0 N–H and O–H groups in total. The minimum atomic E-state index is -4.53. The van der Waals surface area contributed by atoms with Crippen molar-refractivity contribution in [3.63, 3.8) is 0 Å². The molecule has 3 heterocycles. The number of hydrogen-bond donors (Lipinski definition) is 0. The Bertz CT molecular complexity index is 718. The van der Waals surface area contributed by atoms with E-state index in [1.54, 1.807) is 19.2 Å². The lowest BCUT2D eigenvalue weighted by Crippen LogP contribution is -2.47. The third kappa shape index (κ3) is 4.47. The molecule has 0 aliphatic carbocycles. The summed E-state index contributed by atoms with van der Waals surface area (Å²) in [6.45, 7) is 4.16. The fourth-order valence-electron chi connectivity index (χ4n) is 2.79. The number of piperazine rings is 1. The molecule has 2 aromatic heterocycles. The van der Waals surface area contributed by atoms with E-state index in [9.17, 15) is 13.2 Å². The van der Waals surface area contributed by atoms with Crippen LogP contribution in [0.15, 0.2) is 30.6 Å². The van der Waals surface area contributed by atoms with Crippen LogP contribution in [0.25, 0.3) is 11.4 Å². The summed E-state index contributed by atoms with van der Waals surface area (Å²) in [7, 11) is 1.65. The largest absolute Gasteiger partial charge is 0.433 e. The number of pyridine rings is 1. The zero-order chi connectivity index (χ0) is 18.6. The van der Waals surface area contributed by atoms with Gasteiger partial charge in [0.2, 0.25) is 0 Å². The number of ether oxygens (including phenoxy) is 1. The third-order valence-corrected chi connectivity index (χ3v) is 4.25. The molecule has 1 saturated heterocycles. The first-order valence-electron chi connectivity index (χ1n) is 8.30. The molecule has 140 valence electrons. The second kappa shape index (κ2) is 7.96. The maximum atomic E-state index is 13.3. The summed E-state index contributed by atoms with van der Waals surface area (Å²) in [4.78, 5) is 16.0. The van der Waals surface area contributed by atoms with Crippen molar-refractivity contribution in [2.45, 2.75) is 6.18 Å². The van der Waals surface area contributed by atoms with Crippen molar-refractivity contribution >= 4 is 5.82 Å². The Morgan fingerprint density at radius 1 is 1.08 bits per heavy atom. The maximum absolute atomic E-state index is 13.3. The van der Waals surface area contributed by atoms with Crippen LogP contribution in [-0.4, -0.2) is 66.3 Å². The highest BCUT2D eigenvalue weighted by atomic mass is 19.4.